The van der Waals surface area contributed by atoms with Crippen molar-refractivity contribution in [2.24, 2.45) is 0 Å². The lowest BCUT2D eigenvalue weighted by atomic mass is 9.91. The second-order valence-electron chi connectivity index (χ2n) is 12.1. The fourth-order valence-electron chi connectivity index (χ4n) is 5.90. The molecular weight excluding hydrogens is 645 g/mol. The van der Waals surface area contributed by atoms with E-state index in [-0.39, 0.29) is 0 Å². The Balaban J connectivity index is 1.12. The number of carbonyl (C=O) groups is 1. The van der Waals surface area contributed by atoms with Gasteiger partial charge in [0.15, 0.2) is 0 Å². The average molecular weight is 681 g/mol. The van der Waals surface area contributed by atoms with Crippen LogP contribution in [0, 0.1) is 0 Å². The van der Waals surface area contributed by atoms with Crippen LogP contribution in [-0.2, 0) is 36.2 Å². The molecule has 0 fully saturated rings. The first-order valence-corrected chi connectivity index (χ1v) is 18.6. The van der Waals surface area contributed by atoms with Gasteiger partial charge in [-0.05, 0) is 86.0 Å². The maximum absolute atomic E-state index is 12.6. The van der Waals surface area contributed by atoms with Crippen LogP contribution in [-0.4, -0.2) is 11.1 Å². The molecule has 12 bridgehead atoms. The van der Waals surface area contributed by atoms with Crippen molar-refractivity contribution in [3.63, 3.8) is 0 Å². The standard InChI is InChI=1S/C43H36O4S2/c44-43(45)42-40-5-2-6-41(42)37-17-9-31(10-18-37)27-49-29-33-13-21-39(22-14-33)47-25-35-4-1-3-34(23-35)24-46-38-19-11-32(12-20-38)28-48-26-30-7-15-36(40)16-8-30/h1-23H,24-29H2,(H,44,45). The van der Waals surface area contributed by atoms with Crippen LogP contribution in [0.2, 0.25) is 0 Å². The molecule has 0 spiro atoms. The molecule has 7 heterocycles. The van der Waals surface area contributed by atoms with E-state index in [1.165, 1.54) is 22.3 Å². The van der Waals surface area contributed by atoms with Crippen molar-refractivity contribution in [2.75, 3.05) is 0 Å². The molecular formula is C43H36O4S2. The fraction of sp³-hybridized carbons (Fsp3) is 0.140. The number of benzene rings is 6. The first-order chi connectivity index (χ1) is 24.1. The van der Waals surface area contributed by atoms with Gasteiger partial charge in [0.05, 0.1) is 5.56 Å². The van der Waals surface area contributed by atoms with E-state index in [0.29, 0.717) is 18.8 Å². The van der Waals surface area contributed by atoms with Crippen LogP contribution in [0.3, 0.4) is 0 Å². The highest BCUT2D eigenvalue weighted by atomic mass is 32.2. The molecule has 0 unspecified atom stereocenters. The van der Waals surface area contributed by atoms with Crippen molar-refractivity contribution in [3.05, 3.63) is 178 Å². The molecule has 0 atom stereocenters. The Labute approximate surface area is 296 Å². The van der Waals surface area contributed by atoms with Gasteiger partial charge in [0.2, 0.25) is 0 Å². The minimum atomic E-state index is -0.927. The van der Waals surface area contributed by atoms with Gasteiger partial charge in [0.25, 0.3) is 0 Å². The van der Waals surface area contributed by atoms with Crippen molar-refractivity contribution in [3.8, 4) is 33.8 Å². The van der Waals surface area contributed by atoms with Crippen molar-refractivity contribution in [2.45, 2.75) is 36.2 Å². The lowest BCUT2D eigenvalue weighted by Crippen LogP contribution is -2.03. The van der Waals surface area contributed by atoms with Crippen molar-refractivity contribution in [1.82, 2.24) is 0 Å². The summed E-state index contributed by atoms with van der Waals surface area (Å²) in [6.07, 6.45) is 0. The van der Waals surface area contributed by atoms with E-state index < -0.39 is 5.97 Å². The number of hydrogen-bond donors (Lipinski definition) is 1. The number of carboxylic acid groups (broad SMARTS) is 1. The van der Waals surface area contributed by atoms with E-state index in [9.17, 15) is 9.90 Å². The summed E-state index contributed by atoms with van der Waals surface area (Å²) < 4.78 is 12.2. The zero-order chi connectivity index (χ0) is 33.4. The number of rotatable bonds is 1. The van der Waals surface area contributed by atoms with Crippen LogP contribution in [0.25, 0.3) is 22.3 Å². The zero-order valence-electron chi connectivity index (χ0n) is 27.0. The second-order valence-corrected chi connectivity index (χ2v) is 14.1. The number of thioether (sulfide) groups is 2. The van der Waals surface area contributed by atoms with Crippen molar-refractivity contribution in [1.29, 1.82) is 0 Å². The Bertz CT molecular complexity index is 1890. The molecule has 0 aromatic heterocycles. The van der Waals surface area contributed by atoms with Crippen molar-refractivity contribution < 1.29 is 19.4 Å². The number of aromatic carboxylic acids is 1. The summed E-state index contributed by atoms with van der Waals surface area (Å²) in [4.78, 5) is 12.6. The lowest BCUT2D eigenvalue weighted by Gasteiger charge is -2.13. The Kier molecular flexibility index (Phi) is 10.3. The van der Waals surface area contributed by atoms with Crippen LogP contribution >= 0.6 is 23.5 Å². The summed E-state index contributed by atoms with van der Waals surface area (Å²) in [6, 6.07) is 47.2. The van der Waals surface area contributed by atoms with E-state index in [1.807, 2.05) is 90.3 Å². The molecule has 0 amide bonds. The van der Waals surface area contributed by atoms with Gasteiger partial charge in [-0.25, -0.2) is 4.79 Å². The van der Waals surface area contributed by atoms with Crippen LogP contribution in [0.5, 0.6) is 11.5 Å². The SMILES string of the molecule is O=C(O)c1c2cccc1-c1ccc(cc1)CSCc1ccc(cc1)OCc1cccc(c1)COc1ccc(cc1)CSCc1ccc-2cc1. The van der Waals surface area contributed by atoms with Crippen molar-refractivity contribution >= 4 is 29.5 Å². The average Bonchev–Trinajstić information content (AvgIpc) is 3.14. The van der Waals surface area contributed by atoms with Gasteiger partial charge in [0, 0.05) is 23.0 Å². The normalized spacial score (nSPS) is 13.6. The van der Waals surface area contributed by atoms with E-state index >= 15 is 0 Å². The van der Waals surface area contributed by atoms with Gasteiger partial charge in [-0.15, -0.1) is 0 Å². The van der Waals surface area contributed by atoms with E-state index in [4.69, 9.17) is 9.47 Å². The van der Waals surface area contributed by atoms with Gasteiger partial charge in [0.1, 0.15) is 24.7 Å². The van der Waals surface area contributed by atoms with Gasteiger partial charge in [-0.2, -0.15) is 23.5 Å². The Morgan fingerprint density at radius 3 is 1.22 bits per heavy atom. The van der Waals surface area contributed by atoms with Gasteiger partial charge in [-0.3, -0.25) is 0 Å². The lowest BCUT2D eigenvalue weighted by molar-refractivity contribution is 0.0698. The van der Waals surface area contributed by atoms with Crippen LogP contribution in [0.4, 0.5) is 0 Å². The molecule has 0 saturated carbocycles. The molecule has 0 radical (unpaired) electrons. The molecule has 7 aliphatic rings. The minimum Gasteiger partial charge on any atom is -0.489 e. The van der Waals surface area contributed by atoms with E-state index in [2.05, 4.69) is 72.8 Å². The molecule has 49 heavy (non-hydrogen) atoms. The monoisotopic (exact) mass is 680 g/mol. The summed E-state index contributed by atoms with van der Waals surface area (Å²) in [6.45, 7) is 0.985. The highest BCUT2D eigenvalue weighted by Crippen LogP contribution is 2.34. The third kappa shape index (κ3) is 8.40. The predicted molar refractivity (Wildman–Crippen MR) is 202 cm³/mol. The molecule has 244 valence electrons. The smallest absolute Gasteiger partial charge is 0.336 e. The first-order valence-electron chi connectivity index (χ1n) is 16.3. The number of hydrogen-bond acceptors (Lipinski definition) is 5. The van der Waals surface area contributed by atoms with Crippen LogP contribution in [0.1, 0.15) is 43.7 Å². The summed E-state index contributed by atoms with van der Waals surface area (Å²) in [5.74, 6) is 4.25. The van der Waals surface area contributed by atoms with Gasteiger partial charge in [-0.1, -0.05) is 109 Å². The third-order valence-corrected chi connectivity index (χ3v) is 10.7. The fourth-order valence-corrected chi connectivity index (χ4v) is 7.82. The Hall–Kier alpha value is -4.91. The molecule has 0 saturated heterocycles. The Morgan fingerprint density at radius 2 is 0.837 bits per heavy atom. The highest BCUT2D eigenvalue weighted by Gasteiger charge is 2.18. The summed E-state index contributed by atoms with van der Waals surface area (Å²) >= 11 is 3.70. The summed E-state index contributed by atoms with van der Waals surface area (Å²) in [5, 5.41) is 10.3. The van der Waals surface area contributed by atoms with Gasteiger partial charge >= 0.3 is 5.97 Å². The maximum atomic E-state index is 12.6. The first kappa shape index (κ1) is 32.6. The summed E-state index contributed by atoms with van der Waals surface area (Å²) in [5.41, 5.74) is 10.6. The number of ether oxygens (including phenoxy) is 2. The zero-order valence-corrected chi connectivity index (χ0v) is 28.6. The van der Waals surface area contributed by atoms with Gasteiger partial charge < -0.3 is 14.6 Å². The van der Waals surface area contributed by atoms with E-state index in [1.54, 1.807) is 0 Å². The molecule has 4 nitrogen and oxygen atoms in total. The van der Waals surface area contributed by atoms with E-state index in [0.717, 1.165) is 67.9 Å². The second kappa shape index (κ2) is 15.5. The quantitative estimate of drug-likeness (QED) is 0.187. The summed E-state index contributed by atoms with van der Waals surface area (Å²) in [7, 11) is 0. The molecule has 13 rings (SSSR count). The highest BCUT2D eigenvalue weighted by molar-refractivity contribution is 7.97. The number of carboxylic acids is 1. The molecule has 7 aliphatic heterocycles. The molecule has 6 aromatic carbocycles. The molecule has 1 N–H and O–H groups in total. The minimum absolute atomic E-state index is 0.325. The van der Waals surface area contributed by atoms with Crippen LogP contribution in [0.15, 0.2) is 140 Å². The maximum Gasteiger partial charge on any atom is 0.336 e. The Morgan fingerprint density at radius 1 is 0.469 bits per heavy atom. The van der Waals surface area contributed by atoms with Crippen LogP contribution < -0.4 is 9.47 Å². The predicted octanol–water partition coefficient (Wildman–Crippen LogP) is 11.1. The largest absolute Gasteiger partial charge is 0.489 e. The molecule has 6 heteroatoms. The molecule has 6 aromatic rings. The topological polar surface area (TPSA) is 55.8 Å². The third-order valence-electron chi connectivity index (χ3n) is 8.53. The molecule has 0 aliphatic carbocycles.